The highest BCUT2D eigenvalue weighted by Gasteiger charge is 2.48. The number of likely N-dealkylation sites (tertiary alicyclic amines) is 1. The fourth-order valence-electron chi connectivity index (χ4n) is 5.61. The first-order valence-electron chi connectivity index (χ1n) is 12.9. The molecule has 2 aliphatic rings. The number of nitrogens with zero attached hydrogens (tertiary/aromatic N) is 1. The van der Waals surface area contributed by atoms with Crippen molar-refractivity contribution in [2.45, 2.75) is 63.2 Å². The van der Waals surface area contributed by atoms with Crippen LogP contribution in [0.15, 0.2) is 54.6 Å². The van der Waals surface area contributed by atoms with Gasteiger partial charge in [-0.1, -0.05) is 67.4 Å². The van der Waals surface area contributed by atoms with Gasteiger partial charge in [0, 0.05) is 18.2 Å². The minimum atomic E-state index is -1.03. The molecule has 0 unspecified atom stereocenters. The van der Waals surface area contributed by atoms with E-state index >= 15 is 0 Å². The number of carboxylic acid groups (broad SMARTS) is 1. The Hall–Kier alpha value is -3.72. The molecule has 1 aliphatic carbocycles. The topological polar surface area (TPSA) is 149 Å². The van der Waals surface area contributed by atoms with Gasteiger partial charge >= 0.3 is 5.97 Å². The average Bonchev–Trinajstić information content (AvgIpc) is 3.29. The Bertz CT molecular complexity index is 1120. The lowest BCUT2D eigenvalue weighted by atomic mass is 9.84. The van der Waals surface area contributed by atoms with Gasteiger partial charge in [-0.3, -0.25) is 25.1 Å². The fourth-order valence-corrected chi connectivity index (χ4v) is 5.61. The van der Waals surface area contributed by atoms with E-state index in [1.807, 2.05) is 42.5 Å². The molecule has 0 aromatic heterocycles. The summed E-state index contributed by atoms with van der Waals surface area (Å²) in [6, 6.07) is 15.3. The highest BCUT2D eigenvalue weighted by Crippen LogP contribution is 2.40. The van der Waals surface area contributed by atoms with Crippen molar-refractivity contribution in [2.75, 3.05) is 6.54 Å². The number of benzene rings is 2. The van der Waals surface area contributed by atoms with E-state index in [2.05, 4.69) is 10.6 Å². The SMILES string of the molecule is N=C(N)c1ccc(CNC(=O)[C@@H]2C[C@H]3CCCC[C@@H]3N2C(=O)[C@@H](Cc2ccccc2)NCC(=O)O)cc1. The lowest BCUT2D eigenvalue weighted by molar-refractivity contribution is -0.143. The van der Waals surface area contributed by atoms with E-state index < -0.39 is 18.1 Å². The largest absolute Gasteiger partial charge is 0.480 e. The van der Waals surface area contributed by atoms with Crippen molar-refractivity contribution in [3.63, 3.8) is 0 Å². The zero-order chi connectivity index (χ0) is 26.4. The molecule has 1 heterocycles. The summed E-state index contributed by atoms with van der Waals surface area (Å²) in [6.07, 6.45) is 4.89. The minimum absolute atomic E-state index is 0.0140. The van der Waals surface area contributed by atoms with E-state index in [0.29, 0.717) is 24.9 Å². The Morgan fingerprint density at radius 3 is 2.41 bits per heavy atom. The van der Waals surface area contributed by atoms with Gasteiger partial charge in [0.25, 0.3) is 0 Å². The molecule has 2 fully saturated rings. The van der Waals surface area contributed by atoms with Crippen LogP contribution in [-0.2, 0) is 27.3 Å². The van der Waals surface area contributed by atoms with E-state index in [1.165, 1.54) is 0 Å². The molecule has 9 nitrogen and oxygen atoms in total. The summed E-state index contributed by atoms with van der Waals surface area (Å²) in [5.74, 6) is -1.20. The fraction of sp³-hybridized carbons (Fsp3) is 0.429. The summed E-state index contributed by atoms with van der Waals surface area (Å²) in [5, 5.41) is 22.7. The molecule has 9 heteroatoms. The number of fused-ring (bicyclic) bond motifs is 1. The standard InChI is InChI=1S/C28H35N5O4/c29-26(30)20-12-10-19(11-13-20)16-32-27(36)24-15-21-8-4-5-9-23(21)33(24)28(37)22(31-17-25(34)35)14-18-6-2-1-3-7-18/h1-3,6-7,10-13,21-24,31H,4-5,8-9,14-17H2,(H3,29,30)(H,32,36)(H,34,35)/t21-,22-,23+,24+/m1/s1. The van der Waals surface area contributed by atoms with E-state index in [4.69, 9.17) is 11.1 Å². The van der Waals surface area contributed by atoms with Crippen molar-refractivity contribution >= 4 is 23.6 Å². The Labute approximate surface area is 216 Å². The molecule has 0 spiro atoms. The van der Waals surface area contributed by atoms with Crippen LogP contribution >= 0.6 is 0 Å². The summed E-state index contributed by atoms with van der Waals surface area (Å²) in [5.41, 5.74) is 7.93. The van der Waals surface area contributed by atoms with Crippen LogP contribution in [0.2, 0.25) is 0 Å². The van der Waals surface area contributed by atoms with Gasteiger partial charge in [0.1, 0.15) is 11.9 Å². The van der Waals surface area contributed by atoms with Gasteiger partial charge in [-0.15, -0.1) is 0 Å². The molecular weight excluding hydrogens is 470 g/mol. The quantitative estimate of drug-likeness (QED) is 0.246. The van der Waals surface area contributed by atoms with E-state index in [0.717, 1.165) is 36.8 Å². The van der Waals surface area contributed by atoms with E-state index in [-0.39, 0.29) is 36.2 Å². The Kier molecular flexibility index (Phi) is 8.55. The number of carboxylic acids is 1. The molecule has 1 saturated heterocycles. The summed E-state index contributed by atoms with van der Waals surface area (Å²) < 4.78 is 0. The van der Waals surface area contributed by atoms with Gasteiger partial charge in [0.2, 0.25) is 11.8 Å². The molecule has 196 valence electrons. The molecule has 2 aromatic rings. The number of nitrogen functional groups attached to an aromatic ring is 1. The Morgan fingerprint density at radius 1 is 1.03 bits per heavy atom. The summed E-state index contributed by atoms with van der Waals surface area (Å²) in [4.78, 5) is 40.5. The summed E-state index contributed by atoms with van der Waals surface area (Å²) in [7, 11) is 0. The number of hydrogen-bond acceptors (Lipinski definition) is 5. The molecule has 37 heavy (non-hydrogen) atoms. The van der Waals surface area contributed by atoms with Crippen LogP contribution in [-0.4, -0.2) is 58.3 Å². The average molecular weight is 506 g/mol. The summed E-state index contributed by atoms with van der Waals surface area (Å²) in [6.45, 7) is -0.0338. The maximum absolute atomic E-state index is 14.0. The molecule has 2 aromatic carbocycles. The lowest BCUT2D eigenvalue weighted by Crippen LogP contribution is -2.56. The lowest BCUT2D eigenvalue weighted by Gasteiger charge is -2.36. The molecule has 1 aliphatic heterocycles. The number of amides is 2. The van der Waals surface area contributed by atoms with Crippen molar-refractivity contribution in [2.24, 2.45) is 11.7 Å². The van der Waals surface area contributed by atoms with Crippen molar-refractivity contribution in [1.29, 1.82) is 5.41 Å². The maximum atomic E-state index is 14.0. The van der Waals surface area contributed by atoms with Gasteiger partial charge in [0.15, 0.2) is 0 Å². The molecule has 0 bridgehead atoms. The molecular formula is C28H35N5O4. The van der Waals surface area contributed by atoms with Crippen LogP contribution in [0.3, 0.4) is 0 Å². The van der Waals surface area contributed by atoms with Crippen molar-refractivity contribution in [1.82, 2.24) is 15.5 Å². The number of carbonyl (C=O) groups is 3. The maximum Gasteiger partial charge on any atom is 0.317 e. The normalized spacial score (nSPS) is 21.6. The number of nitrogens with two attached hydrogens (primary N) is 1. The minimum Gasteiger partial charge on any atom is -0.480 e. The number of amidine groups is 1. The third-order valence-corrected chi connectivity index (χ3v) is 7.46. The third-order valence-electron chi connectivity index (χ3n) is 7.46. The zero-order valence-electron chi connectivity index (χ0n) is 20.9. The van der Waals surface area contributed by atoms with Crippen LogP contribution in [0.5, 0.6) is 0 Å². The predicted octanol–water partition coefficient (Wildman–Crippen LogP) is 2.03. The Morgan fingerprint density at radius 2 is 1.73 bits per heavy atom. The van der Waals surface area contributed by atoms with Crippen LogP contribution in [0.25, 0.3) is 0 Å². The molecule has 6 N–H and O–H groups in total. The molecule has 4 rings (SSSR count). The highest BCUT2D eigenvalue weighted by atomic mass is 16.4. The third kappa shape index (κ3) is 6.54. The zero-order valence-corrected chi connectivity index (χ0v) is 20.9. The molecule has 2 amide bonds. The van der Waals surface area contributed by atoms with Crippen molar-refractivity contribution in [3.8, 4) is 0 Å². The number of rotatable bonds is 10. The Balaban J connectivity index is 1.52. The number of hydrogen-bond donors (Lipinski definition) is 5. The van der Waals surface area contributed by atoms with Gasteiger partial charge in [0.05, 0.1) is 12.6 Å². The van der Waals surface area contributed by atoms with Crippen molar-refractivity contribution in [3.05, 3.63) is 71.3 Å². The monoisotopic (exact) mass is 505 g/mol. The molecule has 0 radical (unpaired) electrons. The second-order valence-corrected chi connectivity index (χ2v) is 9.95. The highest BCUT2D eigenvalue weighted by molar-refractivity contribution is 5.95. The van der Waals surface area contributed by atoms with Crippen LogP contribution in [0.4, 0.5) is 0 Å². The van der Waals surface area contributed by atoms with Gasteiger partial charge in [-0.05, 0) is 42.7 Å². The smallest absolute Gasteiger partial charge is 0.317 e. The van der Waals surface area contributed by atoms with Crippen LogP contribution < -0.4 is 16.4 Å². The van der Waals surface area contributed by atoms with Gasteiger partial charge in [-0.25, -0.2) is 0 Å². The first-order valence-corrected chi connectivity index (χ1v) is 12.9. The number of nitrogens with one attached hydrogen (secondary N) is 3. The van der Waals surface area contributed by atoms with Crippen LogP contribution in [0.1, 0.15) is 48.8 Å². The van der Waals surface area contributed by atoms with E-state index in [1.54, 1.807) is 17.0 Å². The molecule has 4 atom stereocenters. The predicted molar refractivity (Wildman–Crippen MR) is 140 cm³/mol. The second kappa shape index (κ2) is 12.0. The second-order valence-electron chi connectivity index (χ2n) is 9.95. The number of aliphatic carboxylic acids is 1. The van der Waals surface area contributed by atoms with Crippen LogP contribution in [0, 0.1) is 11.3 Å². The summed E-state index contributed by atoms with van der Waals surface area (Å²) >= 11 is 0. The van der Waals surface area contributed by atoms with Gasteiger partial charge < -0.3 is 21.1 Å². The van der Waals surface area contributed by atoms with Gasteiger partial charge in [-0.2, -0.15) is 0 Å². The molecule has 1 saturated carbocycles. The number of carbonyl (C=O) groups excluding carboxylic acids is 2. The van der Waals surface area contributed by atoms with Crippen molar-refractivity contribution < 1.29 is 19.5 Å². The van der Waals surface area contributed by atoms with E-state index in [9.17, 15) is 19.5 Å². The first-order chi connectivity index (χ1) is 17.8. The first kappa shape index (κ1) is 26.3.